The fraction of sp³-hybridized carbons (Fsp3) is 0.400. The lowest BCUT2D eigenvalue weighted by Crippen LogP contribution is -3.00. The van der Waals surface area contributed by atoms with E-state index < -0.39 is 0 Å². The Morgan fingerprint density at radius 1 is 1.48 bits per heavy atom. The molecular weight excluding hydrogens is 384 g/mol. The zero-order chi connectivity index (χ0) is 14.6. The van der Waals surface area contributed by atoms with Crippen LogP contribution in [-0.4, -0.2) is 55.2 Å². The van der Waals surface area contributed by atoms with Gasteiger partial charge in [-0.2, -0.15) is 0 Å². The molecule has 0 aromatic heterocycles. The van der Waals surface area contributed by atoms with Gasteiger partial charge in [0.25, 0.3) is 0 Å². The van der Waals surface area contributed by atoms with Crippen LogP contribution in [-0.2, 0) is 0 Å². The van der Waals surface area contributed by atoms with Crippen LogP contribution in [0.4, 0.5) is 14.9 Å². The van der Waals surface area contributed by atoms with Gasteiger partial charge >= 0.3 is 6.03 Å². The van der Waals surface area contributed by atoms with Gasteiger partial charge in [0, 0.05) is 5.69 Å². The number of urea groups is 1. The molecule has 0 aliphatic carbocycles. The molecule has 1 aromatic carbocycles. The van der Waals surface area contributed by atoms with E-state index in [-0.39, 0.29) is 35.8 Å². The molecule has 0 unspecified atom stereocenters. The summed E-state index contributed by atoms with van der Waals surface area (Å²) in [6.07, 6.45) is 1.92. The molecule has 0 atom stereocenters. The second-order valence-electron chi connectivity index (χ2n) is 5.47. The molecule has 21 heavy (non-hydrogen) atoms. The quantitative estimate of drug-likeness (QED) is 0.403. The van der Waals surface area contributed by atoms with Crippen LogP contribution in [0.25, 0.3) is 0 Å². The number of amides is 2. The van der Waals surface area contributed by atoms with Gasteiger partial charge in [0.2, 0.25) is 0 Å². The van der Waals surface area contributed by atoms with Crippen molar-refractivity contribution in [3.8, 4) is 0 Å². The summed E-state index contributed by atoms with van der Waals surface area (Å²) < 4.78 is 14.0. The molecule has 1 fully saturated rings. The highest BCUT2D eigenvalue weighted by molar-refractivity contribution is 5.89. The lowest BCUT2D eigenvalue weighted by Gasteiger charge is -2.41. The summed E-state index contributed by atoms with van der Waals surface area (Å²) in [5, 5.41) is 2.73. The van der Waals surface area contributed by atoms with Crippen LogP contribution >= 0.6 is 0 Å². The number of nitrogens with one attached hydrogen (secondary N) is 1. The van der Waals surface area contributed by atoms with Gasteiger partial charge in [-0.25, -0.2) is 9.18 Å². The number of nitrogens with zero attached hydrogens (tertiary/aromatic N) is 2. The Hall–Kier alpha value is -1.15. The lowest BCUT2D eigenvalue weighted by molar-refractivity contribution is -0.907. The van der Waals surface area contributed by atoms with Gasteiger partial charge < -0.3 is 38.7 Å². The Labute approximate surface area is 142 Å². The molecule has 0 bridgehead atoms. The number of likely N-dealkylation sites (N-methyl/N-ethyl adjacent to an activating group) is 1. The van der Waals surface area contributed by atoms with Gasteiger partial charge in [-0.3, -0.25) is 0 Å². The SMILES string of the molecule is C=CC[N+]1(C)CCN(C(=O)Nc2cccc(F)c2)CC1.[I-]. The average molecular weight is 405 g/mol. The molecule has 6 heteroatoms. The summed E-state index contributed by atoms with van der Waals surface area (Å²) in [4.78, 5) is 13.9. The van der Waals surface area contributed by atoms with Crippen LogP contribution < -0.4 is 29.3 Å². The first kappa shape index (κ1) is 17.9. The number of hydrogen-bond donors (Lipinski definition) is 1. The molecule has 0 radical (unpaired) electrons. The number of quaternary nitrogens is 1. The third-order valence-corrected chi connectivity index (χ3v) is 3.75. The van der Waals surface area contributed by atoms with Crippen molar-refractivity contribution in [1.82, 2.24) is 4.90 Å². The first-order chi connectivity index (χ1) is 9.52. The number of halogens is 2. The Kier molecular flexibility index (Phi) is 6.60. The maximum Gasteiger partial charge on any atom is 0.322 e. The standard InChI is InChI=1S/C15H20FN3O.HI/c1-3-9-19(2)10-7-18(8-11-19)15(20)17-14-6-4-5-13(16)12-14;/h3-6,12H,1,7-11H2,2H3;1H. The smallest absolute Gasteiger partial charge is 0.322 e. The fourth-order valence-corrected chi connectivity index (χ4v) is 2.41. The van der Waals surface area contributed by atoms with Gasteiger partial charge in [-0.05, 0) is 24.3 Å². The van der Waals surface area contributed by atoms with Crippen LogP contribution in [0.5, 0.6) is 0 Å². The second kappa shape index (κ2) is 7.74. The van der Waals surface area contributed by atoms with Crippen molar-refractivity contribution in [1.29, 1.82) is 0 Å². The van der Waals surface area contributed by atoms with E-state index in [1.54, 1.807) is 17.0 Å². The number of carbonyl (C=O) groups is 1. The summed E-state index contributed by atoms with van der Waals surface area (Å²) in [7, 11) is 2.17. The first-order valence-electron chi connectivity index (χ1n) is 6.78. The van der Waals surface area contributed by atoms with Crippen molar-refractivity contribution in [2.24, 2.45) is 0 Å². The van der Waals surface area contributed by atoms with Gasteiger partial charge in [0.15, 0.2) is 0 Å². The third-order valence-electron chi connectivity index (χ3n) is 3.75. The predicted molar refractivity (Wildman–Crippen MR) is 78.0 cm³/mol. The largest absolute Gasteiger partial charge is 1.00 e. The van der Waals surface area contributed by atoms with E-state index in [9.17, 15) is 9.18 Å². The maximum atomic E-state index is 13.1. The second-order valence-corrected chi connectivity index (χ2v) is 5.47. The molecule has 0 spiro atoms. The summed E-state index contributed by atoms with van der Waals surface area (Å²) in [5.74, 6) is -0.350. The molecule has 0 saturated carbocycles. The molecule has 1 aliphatic heterocycles. The number of rotatable bonds is 3. The van der Waals surface area contributed by atoms with E-state index in [0.717, 1.165) is 24.1 Å². The van der Waals surface area contributed by atoms with Crippen LogP contribution in [0, 0.1) is 5.82 Å². The Morgan fingerprint density at radius 3 is 2.71 bits per heavy atom. The molecular formula is C15H21FIN3O. The minimum absolute atomic E-state index is 0. The monoisotopic (exact) mass is 405 g/mol. The molecule has 2 amide bonds. The zero-order valence-electron chi connectivity index (χ0n) is 12.2. The Balaban J connectivity index is 0.00000220. The highest BCUT2D eigenvalue weighted by atomic mass is 127. The average Bonchev–Trinajstić information content (AvgIpc) is 2.39. The Morgan fingerprint density at radius 2 is 2.14 bits per heavy atom. The number of benzene rings is 1. The van der Waals surface area contributed by atoms with Gasteiger partial charge in [0.1, 0.15) is 5.82 Å². The van der Waals surface area contributed by atoms with E-state index in [4.69, 9.17) is 0 Å². The van der Waals surface area contributed by atoms with Crippen molar-refractivity contribution in [3.05, 3.63) is 42.7 Å². The van der Waals surface area contributed by atoms with Crippen LogP contribution in [0.3, 0.4) is 0 Å². The maximum absolute atomic E-state index is 13.1. The molecule has 1 heterocycles. The minimum atomic E-state index is -0.350. The summed E-state index contributed by atoms with van der Waals surface area (Å²) in [6.45, 7) is 7.90. The van der Waals surface area contributed by atoms with E-state index >= 15 is 0 Å². The first-order valence-corrected chi connectivity index (χ1v) is 6.78. The van der Waals surface area contributed by atoms with E-state index in [1.165, 1.54) is 12.1 Å². The number of hydrogen-bond acceptors (Lipinski definition) is 1. The molecule has 1 saturated heterocycles. The fourth-order valence-electron chi connectivity index (χ4n) is 2.41. The van der Waals surface area contributed by atoms with Crippen molar-refractivity contribution in [2.45, 2.75) is 0 Å². The number of piperazine rings is 1. The molecule has 1 aliphatic rings. The van der Waals surface area contributed by atoms with Crippen molar-refractivity contribution in [2.75, 3.05) is 45.1 Å². The highest BCUT2D eigenvalue weighted by Crippen LogP contribution is 2.13. The van der Waals surface area contributed by atoms with Crippen molar-refractivity contribution in [3.63, 3.8) is 0 Å². The summed E-state index contributed by atoms with van der Waals surface area (Å²) in [6, 6.07) is 5.77. The molecule has 116 valence electrons. The lowest BCUT2D eigenvalue weighted by atomic mass is 10.2. The third kappa shape index (κ3) is 4.96. The number of anilines is 1. The molecule has 2 rings (SSSR count). The van der Waals surface area contributed by atoms with Crippen LogP contribution in [0.1, 0.15) is 0 Å². The topological polar surface area (TPSA) is 32.3 Å². The van der Waals surface area contributed by atoms with Crippen LogP contribution in [0.2, 0.25) is 0 Å². The predicted octanol–water partition coefficient (Wildman–Crippen LogP) is -0.690. The molecule has 1 N–H and O–H groups in total. The number of carbonyl (C=O) groups excluding carboxylic acids is 1. The van der Waals surface area contributed by atoms with E-state index in [1.807, 2.05) is 6.08 Å². The normalized spacial score (nSPS) is 16.8. The van der Waals surface area contributed by atoms with Crippen molar-refractivity contribution >= 4 is 11.7 Å². The van der Waals surface area contributed by atoms with Crippen molar-refractivity contribution < 1.29 is 37.6 Å². The zero-order valence-corrected chi connectivity index (χ0v) is 14.3. The van der Waals surface area contributed by atoms with Gasteiger partial charge in [-0.1, -0.05) is 12.6 Å². The minimum Gasteiger partial charge on any atom is -1.00 e. The van der Waals surface area contributed by atoms with E-state index in [2.05, 4.69) is 18.9 Å². The van der Waals surface area contributed by atoms with Gasteiger partial charge in [-0.15, -0.1) is 0 Å². The Bertz CT molecular complexity index is 501. The summed E-state index contributed by atoms with van der Waals surface area (Å²) in [5.41, 5.74) is 0.490. The highest BCUT2D eigenvalue weighted by Gasteiger charge is 2.29. The van der Waals surface area contributed by atoms with Crippen LogP contribution in [0.15, 0.2) is 36.9 Å². The van der Waals surface area contributed by atoms with E-state index in [0.29, 0.717) is 18.8 Å². The summed E-state index contributed by atoms with van der Waals surface area (Å²) >= 11 is 0. The van der Waals surface area contributed by atoms with Gasteiger partial charge in [0.05, 0.1) is 39.8 Å². The molecule has 1 aromatic rings. The molecule has 4 nitrogen and oxygen atoms in total.